The second-order valence-corrected chi connectivity index (χ2v) is 14.1. The average Bonchev–Trinajstić information content (AvgIpc) is 4.12. The van der Waals surface area contributed by atoms with Gasteiger partial charge in [0.1, 0.15) is 46.7 Å². The van der Waals surface area contributed by atoms with Crippen LogP contribution in [0.15, 0.2) is 149 Å². The predicted octanol–water partition coefficient (Wildman–Crippen LogP) is 13.1. The minimum atomic E-state index is -4.33. The van der Waals surface area contributed by atoms with Crippen LogP contribution in [0.3, 0.4) is 0 Å². The number of rotatable bonds is 9. The third-order valence-electron chi connectivity index (χ3n) is 7.93. The molecule has 0 saturated carbocycles. The zero-order chi connectivity index (χ0) is 43.8. The normalized spacial score (nSPS) is 10.6. The predicted molar refractivity (Wildman–Crippen MR) is 229 cm³/mol. The van der Waals surface area contributed by atoms with Crippen molar-refractivity contribution in [2.75, 3.05) is 0 Å². The Bertz CT molecular complexity index is 2530. The standard InChI is InChI=1S/C11H7ClF3NO.C11H7FN2OS.C10H7BrFNO.C10H9BrN2O/c12-6-9-5-10(16-17-9)7-1-3-8(4-2-7)11(13,14)15;12-9-3-1-8(2-4-9)11-5-10(15-14-11)6-13-7-16;11-6-9-5-10(13-14-9)7-1-3-8(12)4-2-7;11-8-3-1-7(2-4-8)10-5-9(6-12)14-13-10/h1-5H,6H2;1-5H,6H2;1-5H,6H2;1-5H,6,12H2. The van der Waals surface area contributed by atoms with Crippen molar-refractivity contribution in [3.8, 4) is 45.0 Å². The summed E-state index contributed by atoms with van der Waals surface area (Å²) in [6.07, 6.45) is -4.33. The first-order valence-corrected chi connectivity index (χ1v) is 20.4. The van der Waals surface area contributed by atoms with E-state index in [1.165, 1.54) is 36.4 Å². The van der Waals surface area contributed by atoms with E-state index in [4.69, 9.17) is 35.4 Å². The van der Waals surface area contributed by atoms with Gasteiger partial charge in [-0.3, -0.25) is 0 Å². The minimum Gasteiger partial charge on any atom is -0.360 e. The van der Waals surface area contributed by atoms with E-state index < -0.39 is 11.7 Å². The second kappa shape index (κ2) is 22.8. The quantitative estimate of drug-likeness (QED) is 0.0642. The Morgan fingerprint density at radius 3 is 1.36 bits per heavy atom. The zero-order valence-electron chi connectivity index (χ0n) is 31.3. The van der Waals surface area contributed by atoms with Gasteiger partial charge in [-0.2, -0.15) is 13.2 Å². The van der Waals surface area contributed by atoms with Crippen LogP contribution in [-0.4, -0.2) is 25.8 Å². The molecule has 2 N–H and O–H groups in total. The molecule has 10 nitrogen and oxygen atoms in total. The van der Waals surface area contributed by atoms with Crippen molar-refractivity contribution in [2.24, 2.45) is 10.7 Å². The number of aliphatic imine (C=N–C) groups is 1. The molecule has 8 rings (SSSR count). The topological polar surface area (TPSA) is 142 Å². The van der Waals surface area contributed by atoms with Gasteiger partial charge < -0.3 is 23.8 Å². The fourth-order valence-corrected chi connectivity index (χ4v) is 5.61. The highest BCUT2D eigenvalue weighted by Crippen LogP contribution is 2.31. The Morgan fingerprint density at radius 2 is 0.984 bits per heavy atom. The lowest BCUT2D eigenvalue weighted by Crippen LogP contribution is -2.03. The number of thiocarbonyl (C=S) groups is 1. The molecule has 314 valence electrons. The summed E-state index contributed by atoms with van der Waals surface area (Å²) in [5.41, 5.74) is 10.6. The van der Waals surface area contributed by atoms with Gasteiger partial charge in [0.15, 0.2) is 17.3 Å². The first-order valence-electron chi connectivity index (χ1n) is 17.5. The van der Waals surface area contributed by atoms with Gasteiger partial charge in [0.05, 0.1) is 28.5 Å². The lowest BCUT2D eigenvalue weighted by atomic mass is 10.1. The first-order chi connectivity index (χ1) is 29.4. The summed E-state index contributed by atoms with van der Waals surface area (Å²) in [5.74, 6) is 2.16. The number of halogens is 8. The van der Waals surface area contributed by atoms with E-state index in [-0.39, 0.29) is 17.5 Å². The van der Waals surface area contributed by atoms with Crippen LogP contribution in [0.1, 0.15) is 28.6 Å². The summed E-state index contributed by atoms with van der Waals surface area (Å²) in [6.45, 7) is 0.696. The largest absolute Gasteiger partial charge is 0.416 e. The fourth-order valence-electron chi connectivity index (χ4n) is 4.89. The number of aromatic nitrogens is 4. The summed E-state index contributed by atoms with van der Waals surface area (Å²) in [5, 5.41) is 18.2. The molecule has 61 heavy (non-hydrogen) atoms. The number of isothiocyanates is 1. The minimum absolute atomic E-state index is 0.174. The molecule has 0 aliphatic heterocycles. The third-order valence-corrected chi connectivity index (χ3v) is 9.40. The van der Waals surface area contributed by atoms with Gasteiger partial charge in [0.25, 0.3) is 0 Å². The molecule has 0 atom stereocenters. The molecular weight excluding hydrogens is 975 g/mol. The van der Waals surface area contributed by atoms with Crippen LogP contribution in [0.2, 0.25) is 0 Å². The van der Waals surface area contributed by atoms with Gasteiger partial charge in [0.2, 0.25) is 0 Å². The number of alkyl halides is 5. The van der Waals surface area contributed by atoms with E-state index in [1.807, 2.05) is 36.4 Å². The molecule has 0 spiro atoms. The van der Waals surface area contributed by atoms with Crippen LogP contribution < -0.4 is 5.73 Å². The maximum atomic E-state index is 12.7. The lowest BCUT2D eigenvalue weighted by Gasteiger charge is -2.06. The lowest BCUT2D eigenvalue weighted by molar-refractivity contribution is -0.137. The Morgan fingerprint density at radius 1 is 0.607 bits per heavy atom. The van der Waals surface area contributed by atoms with Crippen molar-refractivity contribution in [1.29, 1.82) is 0 Å². The van der Waals surface area contributed by atoms with Crippen LogP contribution in [0, 0.1) is 11.6 Å². The van der Waals surface area contributed by atoms with Gasteiger partial charge in [-0.25, -0.2) is 13.8 Å². The van der Waals surface area contributed by atoms with E-state index in [1.54, 1.807) is 36.4 Å². The summed E-state index contributed by atoms with van der Waals surface area (Å²) in [6, 6.07) is 31.8. The highest BCUT2D eigenvalue weighted by Gasteiger charge is 2.30. The maximum Gasteiger partial charge on any atom is 0.416 e. The summed E-state index contributed by atoms with van der Waals surface area (Å²) in [7, 11) is 0. The van der Waals surface area contributed by atoms with Crippen LogP contribution in [-0.2, 0) is 30.5 Å². The van der Waals surface area contributed by atoms with E-state index in [0.717, 1.165) is 50.4 Å². The number of benzene rings is 4. The van der Waals surface area contributed by atoms with Gasteiger partial charge in [0, 0.05) is 51.0 Å². The summed E-state index contributed by atoms with van der Waals surface area (Å²) >= 11 is 16.6. The highest BCUT2D eigenvalue weighted by molar-refractivity contribution is 9.10. The zero-order valence-corrected chi connectivity index (χ0v) is 36.0. The van der Waals surface area contributed by atoms with Crippen LogP contribution in [0.5, 0.6) is 0 Å². The number of hydrogen-bond donors (Lipinski definition) is 1. The van der Waals surface area contributed by atoms with Crippen LogP contribution in [0.25, 0.3) is 45.0 Å². The van der Waals surface area contributed by atoms with E-state index in [0.29, 0.717) is 52.7 Å². The highest BCUT2D eigenvalue weighted by atomic mass is 79.9. The Balaban J connectivity index is 0.000000154. The molecule has 0 bridgehead atoms. The first kappa shape index (κ1) is 46.4. The molecule has 8 aromatic rings. The van der Waals surface area contributed by atoms with Crippen LogP contribution >= 0.6 is 55.7 Å². The maximum absolute atomic E-state index is 12.7. The van der Waals surface area contributed by atoms with Gasteiger partial charge in [-0.1, -0.05) is 76.8 Å². The molecule has 0 aliphatic rings. The molecule has 19 heteroatoms. The Labute approximate surface area is 371 Å². The van der Waals surface area contributed by atoms with Crippen molar-refractivity contribution in [3.63, 3.8) is 0 Å². The van der Waals surface area contributed by atoms with Crippen molar-refractivity contribution < 1.29 is 40.0 Å². The number of nitrogens with two attached hydrogens (primary N) is 1. The van der Waals surface area contributed by atoms with Gasteiger partial charge in [-0.05, 0) is 85.0 Å². The van der Waals surface area contributed by atoms with Crippen molar-refractivity contribution in [2.45, 2.75) is 30.5 Å². The molecule has 4 heterocycles. The molecule has 0 saturated heterocycles. The fraction of sp³-hybridized carbons (Fsp3) is 0.119. The number of nitrogens with zero attached hydrogens (tertiary/aromatic N) is 5. The van der Waals surface area contributed by atoms with E-state index >= 15 is 0 Å². The SMILES string of the molecule is FC(F)(F)c1ccc(-c2cc(CCl)on2)cc1.Fc1ccc(-c2cc(CBr)on2)cc1.Fc1ccc(-c2cc(CN=C=S)on2)cc1.NCc1cc(-c2ccc(Br)cc2)no1. The molecule has 4 aromatic carbocycles. The van der Waals surface area contributed by atoms with Gasteiger partial charge >= 0.3 is 6.18 Å². The molecule has 4 aromatic heterocycles. The Kier molecular flexibility index (Phi) is 17.4. The van der Waals surface area contributed by atoms with Crippen molar-refractivity contribution >= 4 is 60.8 Å². The van der Waals surface area contributed by atoms with E-state index in [9.17, 15) is 22.0 Å². The van der Waals surface area contributed by atoms with Crippen molar-refractivity contribution in [3.05, 3.63) is 166 Å². The van der Waals surface area contributed by atoms with Gasteiger partial charge in [-0.15, -0.1) is 11.6 Å². The molecule has 0 fully saturated rings. The second-order valence-electron chi connectivity index (χ2n) is 12.2. The smallest absolute Gasteiger partial charge is 0.360 e. The molecule has 0 unspecified atom stereocenters. The number of hydrogen-bond acceptors (Lipinski definition) is 11. The molecule has 0 amide bonds. The molecular formula is C42H30Br2ClF5N6O4S. The van der Waals surface area contributed by atoms with Crippen LogP contribution in [0.4, 0.5) is 22.0 Å². The summed E-state index contributed by atoms with van der Waals surface area (Å²) in [4.78, 5) is 3.73. The Hall–Kier alpha value is -5.62. The van der Waals surface area contributed by atoms with Crippen molar-refractivity contribution in [1.82, 2.24) is 20.6 Å². The molecule has 0 radical (unpaired) electrons. The average molecular weight is 1010 g/mol. The summed E-state index contributed by atoms with van der Waals surface area (Å²) < 4.78 is 83.3. The molecule has 0 aliphatic carbocycles. The monoisotopic (exact) mass is 1000 g/mol. The third kappa shape index (κ3) is 14.2. The van der Waals surface area contributed by atoms with E-state index in [2.05, 4.69) is 74.9 Å².